The smallest absolute Gasteiger partial charge is 0.397 e. The molecule has 0 unspecified atom stereocenters. The molecule has 1 saturated heterocycles. The third-order valence-electron chi connectivity index (χ3n) is 5.02. The number of nitrogens with zero attached hydrogens (tertiary/aromatic N) is 2. The van der Waals surface area contributed by atoms with E-state index in [1.54, 1.807) is 13.0 Å². The zero-order chi connectivity index (χ0) is 21.6. The van der Waals surface area contributed by atoms with E-state index in [4.69, 9.17) is 5.11 Å². The Balaban J connectivity index is 0.000000806. The second kappa shape index (κ2) is 10.5. The zero-order valence-corrected chi connectivity index (χ0v) is 17.9. The summed E-state index contributed by atoms with van der Waals surface area (Å²) in [4.78, 5) is 6.43. The normalized spacial score (nSPS) is 16.4. The molecule has 30 heavy (non-hydrogen) atoms. The molecule has 0 saturated carbocycles. The number of halogens is 3. The number of fused-ring (bicyclic) bond motifs is 2. The lowest BCUT2D eigenvalue weighted by atomic mass is 10.1. The topological polar surface area (TPSA) is 38.7 Å². The van der Waals surface area contributed by atoms with Crippen molar-refractivity contribution < 1.29 is 18.3 Å². The standard InChI is InChI=1S/C20H22F3N3S.C2H6O/c21-20(22,23)15-6-7-19-17(14-15)26(16-4-1-2-5-18(16)27-19)11-3-10-25-12-8-24-9-13-25;1-2-3/h1-2,4-7,14,24H,3,8-13H2;3H,2H2,1H3. The van der Waals surface area contributed by atoms with Crippen LogP contribution >= 0.6 is 11.8 Å². The van der Waals surface area contributed by atoms with E-state index < -0.39 is 11.7 Å². The molecular formula is C22H28F3N3OS. The van der Waals surface area contributed by atoms with Gasteiger partial charge in [0.1, 0.15) is 0 Å². The number of aliphatic hydroxyl groups is 1. The van der Waals surface area contributed by atoms with Gasteiger partial charge in [0, 0.05) is 49.1 Å². The molecule has 2 aliphatic rings. The van der Waals surface area contributed by atoms with Gasteiger partial charge >= 0.3 is 6.18 Å². The molecule has 2 aromatic rings. The molecule has 1 fully saturated rings. The second-order valence-corrected chi connectivity index (χ2v) is 8.25. The van der Waals surface area contributed by atoms with Gasteiger partial charge in [-0.1, -0.05) is 23.9 Å². The molecule has 0 aliphatic carbocycles. The summed E-state index contributed by atoms with van der Waals surface area (Å²) in [6, 6.07) is 12.0. The highest BCUT2D eigenvalue weighted by atomic mass is 32.2. The van der Waals surface area contributed by atoms with Crippen LogP contribution in [0.1, 0.15) is 18.9 Å². The number of anilines is 2. The fourth-order valence-corrected chi connectivity index (χ4v) is 4.71. The Hall–Kier alpha value is -1.74. The van der Waals surface area contributed by atoms with E-state index in [1.807, 2.05) is 24.3 Å². The van der Waals surface area contributed by atoms with Gasteiger partial charge < -0.3 is 20.2 Å². The molecule has 0 aromatic heterocycles. The van der Waals surface area contributed by atoms with Crippen molar-refractivity contribution in [3.8, 4) is 0 Å². The number of hydrogen-bond acceptors (Lipinski definition) is 5. The first-order valence-electron chi connectivity index (χ1n) is 10.2. The molecule has 2 N–H and O–H groups in total. The van der Waals surface area contributed by atoms with Gasteiger partial charge in [0.05, 0.1) is 16.9 Å². The first-order chi connectivity index (χ1) is 14.4. The summed E-state index contributed by atoms with van der Waals surface area (Å²) in [6.07, 6.45) is -3.42. The quantitative estimate of drug-likeness (QED) is 0.729. The third-order valence-corrected chi connectivity index (χ3v) is 6.15. The summed E-state index contributed by atoms with van der Waals surface area (Å²) in [6.45, 7) is 7.65. The van der Waals surface area contributed by atoms with Gasteiger partial charge in [-0.2, -0.15) is 13.2 Å². The SMILES string of the molecule is CCO.FC(F)(F)c1ccc2c(c1)N(CCCN1CCNCC1)c1ccccc1S2. The van der Waals surface area contributed by atoms with E-state index in [9.17, 15) is 13.2 Å². The number of rotatable bonds is 4. The fourth-order valence-electron chi connectivity index (χ4n) is 3.63. The first-order valence-corrected chi connectivity index (χ1v) is 11.0. The highest BCUT2D eigenvalue weighted by molar-refractivity contribution is 7.99. The van der Waals surface area contributed by atoms with Crippen molar-refractivity contribution in [1.82, 2.24) is 10.2 Å². The molecule has 4 rings (SSSR count). The predicted molar refractivity (Wildman–Crippen MR) is 116 cm³/mol. The lowest BCUT2D eigenvalue weighted by molar-refractivity contribution is -0.137. The molecule has 0 bridgehead atoms. The molecule has 2 aromatic carbocycles. The third kappa shape index (κ3) is 5.69. The van der Waals surface area contributed by atoms with Gasteiger partial charge in [0.2, 0.25) is 0 Å². The second-order valence-electron chi connectivity index (χ2n) is 7.16. The molecule has 4 nitrogen and oxygen atoms in total. The minimum Gasteiger partial charge on any atom is -0.397 e. The summed E-state index contributed by atoms with van der Waals surface area (Å²) < 4.78 is 39.7. The number of piperazine rings is 1. The highest BCUT2D eigenvalue weighted by Crippen LogP contribution is 2.49. The van der Waals surface area contributed by atoms with E-state index in [0.29, 0.717) is 12.2 Å². The number of nitrogens with one attached hydrogen (secondary N) is 1. The predicted octanol–water partition coefficient (Wildman–Crippen LogP) is 4.60. The van der Waals surface area contributed by atoms with E-state index in [0.717, 1.165) is 54.6 Å². The van der Waals surface area contributed by atoms with Crippen LogP contribution in [0.25, 0.3) is 0 Å². The van der Waals surface area contributed by atoms with Crippen molar-refractivity contribution in [1.29, 1.82) is 0 Å². The Morgan fingerprint density at radius 3 is 2.37 bits per heavy atom. The van der Waals surface area contributed by atoms with Crippen LogP contribution < -0.4 is 10.2 Å². The van der Waals surface area contributed by atoms with Gasteiger partial charge in [0.25, 0.3) is 0 Å². The Labute approximate surface area is 180 Å². The molecule has 0 radical (unpaired) electrons. The van der Waals surface area contributed by atoms with Crippen molar-refractivity contribution >= 4 is 23.1 Å². The maximum Gasteiger partial charge on any atom is 0.416 e. The summed E-state index contributed by atoms with van der Waals surface area (Å²) in [5, 5.41) is 10.9. The average Bonchev–Trinajstić information content (AvgIpc) is 2.73. The van der Waals surface area contributed by atoms with Crippen LogP contribution in [0, 0.1) is 0 Å². The van der Waals surface area contributed by atoms with Crippen LogP contribution in [0.15, 0.2) is 52.3 Å². The van der Waals surface area contributed by atoms with Gasteiger partial charge in [-0.15, -0.1) is 0 Å². The van der Waals surface area contributed by atoms with Crippen LogP contribution in [0.2, 0.25) is 0 Å². The number of para-hydroxylation sites is 1. The molecule has 164 valence electrons. The largest absolute Gasteiger partial charge is 0.416 e. The molecule has 2 heterocycles. The fraction of sp³-hybridized carbons (Fsp3) is 0.455. The highest BCUT2D eigenvalue weighted by Gasteiger charge is 2.33. The van der Waals surface area contributed by atoms with Crippen molar-refractivity contribution in [2.24, 2.45) is 0 Å². The van der Waals surface area contributed by atoms with Gasteiger partial charge in [-0.3, -0.25) is 0 Å². The molecular weight excluding hydrogens is 411 g/mol. The van der Waals surface area contributed by atoms with E-state index in [1.165, 1.54) is 23.9 Å². The Kier molecular flexibility index (Phi) is 8.05. The summed E-state index contributed by atoms with van der Waals surface area (Å²) in [5.74, 6) is 0. The molecule has 2 aliphatic heterocycles. The van der Waals surface area contributed by atoms with Gasteiger partial charge in [-0.25, -0.2) is 0 Å². The number of alkyl halides is 3. The number of benzene rings is 2. The Morgan fingerprint density at radius 1 is 1.00 bits per heavy atom. The minimum absolute atomic E-state index is 0.250. The summed E-state index contributed by atoms with van der Waals surface area (Å²) >= 11 is 1.54. The molecule has 0 amide bonds. The Morgan fingerprint density at radius 2 is 1.67 bits per heavy atom. The van der Waals surface area contributed by atoms with Crippen LogP contribution in [0.4, 0.5) is 24.5 Å². The maximum absolute atomic E-state index is 13.2. The van der Waals surface area contributed by atoms with Gasteiger partial charge in [0.15, 0.2) is 0 Å². The van der Waals surface area contributed by atoms with Crippen LogP contribution in [-0.2, 0) is 6.18 Å². The first kappa shape index (κ1) is 22.9. The lowest BCUT2D eigenvalue weighted by Gasteiger charge is -2.34. The van der Waals surface area contributed by atoms with Crippen LogP contribution in [0.5, 0.6) is 0 Å². The van der Waals surface area contributed by atoms with Crippen molar-refractivity contribution in [2.45, 2.75) is 29.3 Å². The molecule has 0 atom stereocenters. The van der Waals surface area contributed by atoms with E-state index in [-0.39, 0.29) is 6.61 Å². The van der Waals surface area contributed by atoms with Crippen LogP contribution in [0.3, 0.4) is 0 Å². The lowest BCUT2D eigenvalue weighted by Crippen LogP contribution is -2.44. The van der Waals surface area contributed by atoms with E-state index in [2.05, 4.69) is 15.1 Å². The zero-order valence-electron chi connectivity index (χ0n) is 17.1. The average molecular weight is 440 g/mol. The molecule has 0 spiro atoms. The molecule has 8 heteroatoms. The van der Waals surface area contributed by atoms with Crippen LogP contribution in [-0.4, -0.2) is 55.9 Å². The minimum atomic E-state index is -4.33. The Bertz CT molecular complexity index is 826. The van der Waals surface area contributed by atoms with E-state index >= 15 is 0 Å². The number of aliphatic hydroxyl groups excluding tert-OH is 1. The monoisotopic (exact) mass is 439 g/mol. The maximum atomic E-state index is 13.2. The van der Waals surface area contributed by atoms with Gasteiger partial charge in [-0.05, 0) is 50.2 Å². The summed E-state index contributed by atoms with van der Waals surface area (Å²) in [7, 11) is 0. The van der Waals surface area contributed by atoms with Crippen molar-refractivity contribution in [3.05, 3.63) is 48.0 Å². The van der Waals surface area contributed by atoms with Crippen molar-refractivity contribution in [3.63, 3.8) is 0 Å². The van der Waals surface area contributed by atoms with Crippen molar-refractivity contribution in [2.75, 3.05) is 50.8 Å². The number of hydrogen-bond donors (Lipinski definition) is 2. The summed E-state index contributed by atoms with van der Waals surface area (Å²) in [5.41, 5.74) is 1.07.